The number of hydrogen-bond donors (Lipinski definition) is 0. The molecular weight excluding hydrogens is 358 g/mol. The van der Waals surface area contributed by atoms with Crippen LogP contribution in [0.2, 0.25) is 0 Å². The van der Waals surface area contributed by atoms with Crippen molar-refractivity contribution in [2.24, 2.45) is 5.92 Å². The first-order valence-electron chi connectivity index (χ1n) is 9.10. The summed E-state index contributed by atoms with van der Waals surface area (Å²) in [5.41, 5.74) is 3.27. The molecule has 0 aromatic heterocycles. The summed E-state index contributed by atoms with van der Waals surface area (Å²) in [6.07, 6.45) is 0.0863. The van der Waals surface area contributed by atoms with E-state index >= 15 is 0 Å². The van der Waals surface area contributed by atoms with E-state index in [0.29, 0.717) is 11.3 Å². The number of benzene rings is 2. The van der Waals surface area contributed by atoms with Gasteiger partial charge in [-0.2, -0.15) is 0 Å². The van der Waals surface area contributed by atoms with Crippen molar-refractivity contribution in [1.82, 2.24) is 0 Å². The maximum absolute atomic E-state index is 12.4. The maximum Gasteiger partial charge on any atom is 0.311 e. The van der Waals surface area contributed by atoms with Gasteiger partial charge in [-0.15, -0.1) is 0 Å². The van der Waals surface area contributed by atoms with Gasteiger partial charge < -0.3 is 14.4 Å². The van der Waals surface area contributed by atoms with Gasteiger partial charge in [-0.25, -0.2) is 0 Å². The minimum absolute atomic E-state index is 0.0863. The van der Waals surface area contributed by atoms with Gasteiger partial charge in [0.15, 0.2) is 12.4 Å². The van der Waals surface area contributed by atoms with E-state index in [2.05, 4.69) is 0 Å². The molecule has 1 unspecified atom stereocenters. The Balaban J connectivity index is 1.60. The number of anilines is 1. The molecule has 1 aliphatic heterocycles. The van der Waals surface area contributed by atoms with E-state index in [4.69, 9.17) is 9.47 Å². The van der Waals surface area contributed by atoms with Crippen LogP contribution in [-0.4, -0.2) is 37.9 Å². The predicted molar refractivity (Wildman–Crippen MR) is 105 cm³/mol. The lowest BCUT2D eigenvalue weighted by Gasteiger charge is -2.19. The average molecular weight is 381 g/mol. The molecular formula is C22H23NO5. The van der Waals surface area contributed by atoms with Crippen LogP contribution in [0.15, 0.2) is 42.5 Å². The molecule has 6 heteroatoms. The number of nitrogens with zero attached hydrogens (tertiary/aromatic N) is 1. The van der Waals surface area contributed by atoms with Crippen molar-refractivity contribution in [2.45, 2.75) is 20.3 Å². The first-order valence-corrected chi connectivity index (χ1v) is 9.10. The van der Waals surface area contributed by atoms with Crippen molar-refractivity contribution >= 4 is 23.3 Å². The van der Waals surface area contributed by atoms with Crippen LogP contribution >= 0.6 is 0 Å². The maximum atomic E-state index is 12.4. The Bertz CT molecular complexity index is 904. The molecule has 6 nitrogen and oxygen atoms in total. The summed E-state index contributed by atoms with van der Waals surface area (Å²) in [6.45, 7) is 3.80. The molecule has 0 aliphatic carbocycles. The number of Topliss-reactive ketones (excluding diaryl/α,β-unsaturated/α-hetero) is 1. The summed E-state index contributed by atoms with van der Waals surface area (Å²) in [4.78, 5) is 38.6. The third kappa shape index (κ3) is 4.22. The van der Waals surface area contributed by atoms with Crippen LogP contribution < -0.4 is 9.64 Å². The standard InChI is InChI=1S/C22H23NO5/c1-14-4-5-15(2)19(10-14)23-12-17(11-21(23)25)22(26)28-13-20(24)16-6-8-18(27-3)9-7-16/h4-10,17H,11-13H2,1-3H3. The molecule has 28 heavy (non-hydrogen) atoms. The van der Waals surface area contributed by atoms with Crippen molar-refractivity contribution in [3.05, 3.63) is 59.2 Å². The summed E-state index contributed by atoms with van der Waals surface area (Å²) in [6, 6.07) is 12.5. The van der Waals surface area contributed by atoms with E-state index < -0.39 is 11.9 Å². The van der Waals surface area contributed by atoms with Crippen LogP contribution in [0, 0.1) is 19.8 Å². The lowest BCUT2D eigenvalue weighted by molar-refractivity contribution is -0.147. The molecule has 0 N–H and O–H groups in total. The molecule has 0 radical (unpaired) electrons. The zero-order chi connectivity index (χ0) is 20.3. The molecule has 1 atom stereocenters. The van der Waals surface area contributed by atoms with Crippen LogP contribution in [0.1, 0.15) is 27.9 Å². The molecule has 1 heterocycles. The Morgan fingerprint density at radius 3 is 2.50 bits per heavy atom. The number of aryl methyl sites for hydroxylation is 2. The van der Waals surface area contributed by atoms with Crippen LogP contribution in [0.5, 0.6) is 5.75 Å². The molecule has 1 aliphatic rings. The first kappa shape index (κ1) is 19.6. The Hall–Kier alpha value is -3.15. The number of carbonyl (C=O) groups excluding carboxylic acids is 3. The molecule has 2 aromatic rings. The summed E-state index contributed by atoms with van der Waals surface area (Å²) >= 11 is 0. The average Bonchev–Trinajstić information content (AvgIpc) is 3.09. The van der Waals surface area contributed by atoms with Crippen molar-refractivity contribution in [1.29, 1.82) is 0 Å². The van der Waals surface area contributed by atoms with Crippen LogP contribution in [-0.2, 0) is 14.3 Å². The number of methoxy groups -OCH3 is 1. The number of amides is 1. The van der Waals surface area contributed by atoms with Gasteiger partial charge in [-0.05, 0) is 55.3 Å². The summed E-state index contributed by atoms with van der Waals surface area (Å²) in [5.74, 6) is -0.868. The predicted octanol–water partition coefficient (Wildman–Crippen LogP) is 3.09. The van der Waals surface area contributed by atoms with E-state index in [1.165, 1.54) is 0 Å². The van der Waals surface area contributed by atoms with Gasteiger partial charge in [0.25, 0.3) is 0 Å². The second kappa shape index (κ2) is 8.25. The quantitative estimate of drug-likeness (QED) is 0.568. The molecule has 0 spiro atoms. The number of hydrogen-bond acceptors (Lipinski definition) is 5. The molecule has 2 aromatic carbocycles. The normalized spacial score (nSPS) is 16.2. The topological polar surface area (TPSA) is 72.9 Å². The highest BCUT2D eigenvalue weighted by molar-refractivity contribution is 6.01. The van der Waals surface area contributed by atoms with E-state index in [1.807, 2.05) is 32.0 Å². The van der Waals surface area contributed by atoms with Crippen molar-refractivity contribution in [3.8, 4) is 5.75 Å². The zero-order valence-corrected chi connectivity index (χ0v) is 16.2. The zero-order valence-electron chi connectivity index (χ0n) is 16.2. The fourth-order valence-corrected chi connectivity index (χ4v) is 3.22. The number of ether oxygens (including phenoxy) is 2. The van der Waals surface area contributed by atoms with Gasteiger partial charge in [0.05, 0.1) is 13.0 Å². The van der Waals surface area contributed by atoms with Gasteiger partial charge in [-0.1, -0.05) is 12.1 Å². The van der Waals surface area contributed by atoms with Gasteiger partial charge in [0, 0.05) is 24.2 Å². The summed E-state index contributed by atoms with van der Waals surface area (Å²) < 4.78 is 10.2. The molecule has 1 saturated heterocycles. The van der Waals surface area contributed by atoms with Gasteiger partial charge >= 0.3 is 5.97 Å². The molecule has 0 saturated carbocycles. The highest BCUT2D eigenvalue weighted by atomic mass is 16.5. The highest BCUT2D eigenvalue weighted by Crippen LogP contribution is 2.29. The molecule has 146 valence electrons. The molecule has 1 fully saturated rings. The second-order valence-electron chi connectivity index (χ2n) is 6.95. The SMILES string of the molecule is COc1ccc(C(=O)COC(=O)C2CC(=O)N(c3cc(C)ccc3C)C2)cc1. The number of esters is 1. The third-order valence-electron chi connectivity index (χ3n) is 4.87. The summed E-state index contributed by atoms with van der Waals surface area (Å²) in [7, 11) is 1.54. The van der Waals surface area contributed by atoms with Crippen LogP contribution in [0.4, 0.5) is 5.69 Å². The van der Waals surface area contributed by atoms with Crippen molar-refractivity contribution in [2.75, 3.05) is 25.2 Å². The minimum Gasteiger partial charge on any atom is -0.497 e. The number of rotatable bonds is 6. The molecule has 0 bridgehead atoms. The van der Waals surface area contributed by atoms with Crippen molar-refractivity contribution < 1.29 is 23.9 Å². The van der Waals surface area contributed by atoms with E-state index in [-0.39, 0.29) is 31.3 Å². The lowest BCUT2D eigenvalue weighted by atomic mass is 10.1. The fraction of sp³-hybridized carbons (Fsp3) is 0.318. The smallest absolute Gasteiger partial charge is 0.311 e. The number of carbonyl (C=O) groups is 3. The summed E-state index contributed by atoms with van der Waals surface area (Å²) in [5, 5.41) is 0. The molecule has 1 amide bonds. The molecule has 3 rings (SSSR count). The fourth-order valence-electron chi connectivity index (χ4n) is 3.22. The van der Waals surface area contributed by atoms with Gasteiger partial charge in [0.1, 0.15) is 5.75 Å². The lowest BCUT2D eigenvalue weighted by Crippen LogP contribution is -2.27. The second-order valence-corrected chi connectivity index (χ2v) is 6.95. The largest absolute Gasteiger partial charge is 0.497 e. The van der Waals surface area contributed by atoms with Crippen LogP contribution in [0.25, 0.3) is 0 Å². The first-order chi connectivity index (χ1) is 13.4. The number of ketones is 1. The minimum atomic E-state index is -0.573. The van der Waals surface area contributed by atoms with Crippen LogP contribution in [0.3, 0.4) is 0 Å². The van der Waals surface area contributed by atoms with Crippen molar-refractivity contribution in [3.63, 3.8) is 0 Å². The van der Waals surface area contributed by atoms with Gasteiger partial charge in [-0.3, -0.25) is 14.4 Å². The Morgan fingerprint density at radius 2 is 1.82 bits per heavy atom. The highest BCUT2D eigenvalue weighted by Gasteiger charge is 2.36. The van der Waals surface area contributed by atoms with E-state index in [9.17, 15) is 14.4 Å². The third-order valence-corrected chi connectivity index (χ3v) is 4.87. The monoisotopic (exact) mass is 381 g/mol. The van der Waals surface area contributed by atoms with Gasteiger partial charge in [0.2, 0.25) is 5.91 Å². The Labute approximate surface area is 164 Å². The Morgan fingerprint density at radius 1 is 1.11 bits per heavy atom. The van der Waals surface area contributed by atoms with E-state index in [1.54, 1.807) is 36.3 Å². The Kier molecular flexibility index (Phi) is 5.78. The van der Waals surface area contributed by atoms with E-state index in [0.717, 1.165) is 16.8 Å².